The summed E-state index contributed by atoms with van der Waals surface area (Å²) in [7, 11) is 3.83. The fraction of sp³-hybridized carbons (Fsp3) is 0.600. The van der Waals surface area contributed by atoms with Gasteiger partial charge in [0.25, 0.3) is 0 Å². The topological polar surface area (TPSA) is 35.9 Å². The molecular weight excluding hydrogens is 240 g/mol. The van der Waals surface area contributed by atoms with Crippen molar-refractivity contribution in [3.8, 4) is 5.75 Å². The second-order valence-corrected chi connectivity index (χ2v) is 5.34. The van der Waals surface area contributed by atoms with Gasteiger partial charge in [-0.2, -0.15) is 0 Å². The van der Waals surface area contributed by atoms with Gasteiger partial charge in [0, 0.05) is 37.5 Å². The zero-order valence-corrected chi connectivity index (χ0v) is 12.0. The van der Waals surface area contributed by atoms with Gasteiger partial charge in [-0.05, 0) is 44.7 Å². The van der Waals surface area contributed by atoms with E-state index in [0.717, 1.165) is 25.3 Å². The van der Waals surface area contributed by atoms with Gasteiger partial charge in [-0.25, -0.2) is 0 Å². The summed E-state index contributed by atoms with van der Waals surface area (Å²) in [6, 6.07) is 9.01. The smallest absolute Gasteiger partial charge is 0.119 e. The minimum absolute atomic E-state index is 0.234. The molecule has 4 nitrogen and oxygen atoms in total. The second-order valence-electron chi connectivity index (χ2n) is 5.34. The van der Waals surface area contributed by atoms with Crippen LogP contribution in [-0.4, -0.2) is 55.9 Å². The van der Waals surface area contributed by atoms with Crippen molar-refractivity contribution >= 4 is 5.69 Å². The second kappa shape index (κ2) is 6.26. The van der Waals surface area contributed by atoms with E-state index in [1.165, 1.54) is 5.69 Å². The first-order chi connectivity index (χ1) is 9.15. The van der Waals surface area contributed by atoms with Crippen molar-refractivity contribution in [1.82, 2.24) is 4.90 Å². The van der Waals surface area contributed by atoms with Crippen LogP contribution < -0.4 is 9.64 Å². The van der Waals surface area contributed by atoms with Gasteiger partial charge in [0.15, 0.2) is 0 Å². The molecule has 1 saturated heterocycles. The SMILES string of the molecule is COc1ccc(N2C(C)CN(C)CC2CCO)cc1. The van der Waals surface area contributed by atoms with Crippen molar-refractivity contribution < 1.29 is 9.84 Å². The molecule has 1 aliphatic heterocycles. The molecule has 2 atom stereocenters. The molecule has 1 fully saturated rings. The monoisotopic (exact) mass is 264 g/mol. The van der Waals surface area contributed by atoms with E-state index in [9.17, 15) is 5.11 Å². The predicted molar refractivity (Wildman–Crippen MR) is 77.9 cm³/mol. The number of nitrogens with zero attached hydrogens (tertiary/aromatic N) is 2. The quantitative estimate of drug-likeness (QED) is 0.896. The maximum Gasteiger partial charge on any atom is 0.119 e. The van der Waals surface area contributed by atoms with Gasteiger partial charge in [0.2, 0.25) is 0 Å². The maximum absolute atomic E-state index is 9.27. The predicted octanol–water partition coefficient (Wildman–Crippen LogP) is 1.59. The zero-order valence-electron chi connectivity index (χ0n) is 12.0. The highest BCUT2D eigenvalue weighted by Gasteiger charge is 2.30. The first-order valence-corrected chi connectivity index (χ1v) is 6.87. The van der Waals surface area contributed by atoms with Crippen LogP contribution in [0.3, 0.4) is 0 Å². The summed E-state index contributed by atoms with van der Waals surface area (Å²) < 4.78 is 5.21. The summed E-state index contributed by atoms with van der Waals surface area (Å²) >= 11 is 0. The third kappa shape index (κ3) is 3.19. The lowest BCUT2D eigenvalue weighted by Crippen LogP contribution is -2.57. The lowest BCUT2D eigenvalue weighted by atomic mass is 10.0. The number of likely N-dealkylation sites (N-methyl/N-ethyl adjacent to an activating group) is 1. The van der Waals surface area contributed by atoms with Gasteiger partial charge in [0.05, 0.1) is 7.11 Å². The molecule has 1 aliphatic rings. The van der Waals surface area contributed by atoms with Crippen LogP contribution >= 0.6 is 0 Å². The molecule has 0 spiro atoms. The van der Waals surface area contributed by atoms with E-state index in [-0.39, 0.29) is 6.61 Å². The van der Waals surface area contributed by atoms with Gasteiger partial charge in [-0.3, -0.25) is 0 Å². The van der Waals surface area contributed by atoms with Crippen LogP contribution in [0.15, 0.2) is 24.3 Å². The molecule has 0 saturated carbocycles. The number of anilines is 1. The Bertz CT molecular complexity index is 394. The number of aliphatic hydroxyl groups excluding tert-OH is 1. The summed E-state index contributed by atoms with van der Waals surface area (Å²) in [4.78, 5) is 4.76. The highest BCUT2D eigenvalue weighted by molar-refractivity contribution is 5.51. The van der Waals surface area contributed by atoms with Crippen LogP contribution in [0.5, 0.6) is 5.75 Å². The van der Waals surface area contributed by atoms with Gasteiger partial charge in [-0.15, -0.1) is 0 Å². The van der Waals surface area contributed by atoms with Crippen LogP contribution in [0.1, 0.15) is 13.3 Å². The molecule has 0 amide bonds. The van der Waals surface area contributed by atoms with Crippen LogP contribution in [-0.2, 0) is 0 Å². The molecule has 4 heteroatoms. The molecular formula is C15H24N2O2. The Kier molecular flexibility index (Phi) is 4.66. The van der Waals surface area contributed by atoms with Crippen molar-refractivity contribution in [1.29, 1.82) is 0 Å². The molecule has 2 rings (SSSR count). The highest BCUT2D eigenvalue weighted by atomic mass is 16.5. The molecule has 0 aliphatic carbocycles. The lowest BCUT2D eigenvalue weighted by Gasteiger charge is -2.46. The Morgan fingerprint density at radius 3 is 2.53 bits per heavy atom. The van der Waals surface area contributed by atoms with Crippen molar-refractivity contribution in [2.45, 2.75) is 25.4 Å². The summed E-state index contributed by atoms with van der Waals surface area (Å²) in [6.07, 6.45) is 0.806. The van der Waals surface area contributed by atoms with E-state index >= 15 is 0 Å². The lowest BCUT2D eigenvalue weighted by molar-refractivity contribution is 0.198. The molecule has 106 valence electrons. The minimum atomic E-state index is 0.234. The zero-order chi connectivity index (χ0) is 13.8. The Balaban J connectivity index is 2.21. The Hall–Kier alpha value is -1.26. The average molecular weight is 264 g/mol. The molecule has 19 heavy (non-hydrogen) atoms. The Morgan fingerprint density at radius 1 is 1.26 bits per heavy atom. The average Bonchev–Trinajstić information content (AvgIpc) is 2.39. The molecule has 0 aromatic heterocycles. The fourth-order valence-corrected chi connectivity index (χ4v) is 3.02. The molecule has 1 aromatic carbocycles. The third-order valence-electron chi connectivity index (χ3n) is 3.80. The number of rotatable bonds is 4. The van der Waals surface area contributed by atoms with E-state index < -0.39 is 0 Å². The van der Waals surface area contributed by atoms with Crippen molar-refractivity contribution in [3.63, 3.8) is 0 Å². The van der Waals surface area contributed by atoms with E-state index in [1.54, 1.807) is 7.11 Å². The summed E-state index contributed by atoms with van der Waals surface area (Å²) in [5.74, 6) is 0.879. The highest BCUT2D eigenvalue weighted by Crippen LogP contribution is 2.27. The summed E-state index contributed by atoms with van der Waals surface area (Å²) in [5.41, 5.74) is 1.21. The van der Waals surface area contributed by atoms with Crippen molar-refractivity contribution in [3.05, 3.63) is 24.3 Å². The number of ether oxygens (including phenoxy) is 1. The molecule has 1 heterocycles. The number of piperazine rings is 1. The molecule has 0 radical (unpaired) electrons. The third-order valence-corrected chi connectivity index (χ3v) is 3.80. The summed E-state index contributed by atoms with van der Waals surface area (Å²) in [6.45, 7) is 4.52. The van der Waals surface area contributed by atoms with Crippen LogP contribution in [0, 0.1) is 0 Å². The van der Waals surface area contributed by atoms with Gasteiger partial charge in [0.1, 0.15) is 5.75 Å². The Labute approximate surface area is 115 Å². The number of benzene rings is 1. The number of methoxy groups -OCH3 is 1. The summed E-state index contributed by atoms with van der Waals surface area (Å²) in [5, 5.41) is 9.27. The van der Waals surface area contributed by atoms with Gasteiger partial charge >= 0.3 is 0 Å². The van der Waals surface area contributed by atoms with E-state index in [0.29, 0.717) is 12.1 Å². The largest absolute Gasteiger partial charge is 0.497 e. The van der Waals surface area contributed by atoms with Crippen LogP contribution in [0.4, 0.5) is 5.69 Å². The van der Waals surface area contributed by atoms with E-state index in [1.807, 2.05) is 12.1 Å². The number of hydrogen-bond donors (Lipinski definition) is 1. The normalized spacial score (nSPS) is 24.5. The van der Waals surface area contributed by atoms with Crippen molar-refractivity contribution in [2.75, 3.05) is 38.8 Å². The molecule has 2 unspecified atom stereocenters. The number of aliphatic hydroxyl groups is 1. The fourth-order valence-electron chi connectivity index (χ4n) is 3.02. The Morgan fingerprint density at radius 2 is 1.95 bits per heavy atom. The van der Waals surface area contributed by atoms with Crippen molar-refractivity contribution in [2.24, 2.45) is 0 Å². The molecule has 1 N–H and O–H groups in total. The molecule has 1 aromatic rings. The maximum atomic E-state index is 9.27. The standard InChI is InChI=1S/C15H24N2O2/c1-12-10-16(2)11-14(8-9-18)17(12)13-4-6-15(19-3)7-5-13/h4-7,12,14,18H,8-11H2,1-3H3. The van der Waals surface area contributed by atoms with Crippen LogP contribution in [0.25, 0.3) is 0 Å². The van der Waals surface area contributed by atoms with Gasteiger partial charge < -0.3 is 19.6 Å². The van der Waals surface area contributed by atoms with Gasteiger partial charge in [-0.1, -0.05) is 0 Å². The minimum Gasteiger partial charge on any atom is -0.497 e. The molecule has 0 bridgehead atoms. The first kappa shape index (κ1) is 14.2. The van der Waals surface area contributed by atoms with E-state index in [4.69, 9.17) is 4.74 Å². The van der Waals surface area contributed by atoms with E-state index in [2.05, 4.69) is 35.9 Å². The van der Waals surface area contributed by atoms with Crippen LogP contribution in [0.2, 0.25) is 0 Å². The number of hydrogen-bond acceptors (Lipinski definition) is 4. The first-order valence-electron chi connectivity index (χ1n) is 6.87.